The molecule has 1 atom stereocenters. The Labute approximate surface area is 213 Å². The summed E-state index contributed by atoms with van der Waals surface area (Å²) in [5.74, 6) is -0.397. The van der Waals surface area contributed by atoms with E-state index in [4.69, 9.17) is 16.3 Å². The Balaban J connectivity index is 0.00000324. The van der Waals surface area contributed by atoms with Crippen LogP contribution >= 0.6 is 35.3 Å². The lowest BCUT2D eigenvalue weighted by Crippen LogP contribution is -2.33. The van der Waals surface area contributed by atoms with Crippen LogP contribution in [0, 0.1) is 5.92 Å². The van der Waals surface area contributed by atoms with E-state index < -0.39 is 5.91 Å². The van der Waals surface area contributed by atoms with Crippen molar-refractivity contribution in [1.29, 1.82) is 0 Å². The number of nitrogens with one attached hydrogen (secondary N) is 2. The second kappa shape index (κ2) is 12.5. The Bertz CT molecular complexity index is 1090. The average molecular weight is 527 g/mol. The molecule has 0 radical (unpaired) electrons. The molecule has 0 spiro atoms. The zero-order valence-electron chi connectivity index (χ0n) is 18.6. The molecule has 2 aromatic rings. The Morgan fingerprint density at radius 3 is 2.71 bits per heavy atom. The monoisotopic (exact) mass is 526 g/mol. The normalized spacial score (nSPS) is 18.5. The lowest BCUT2D eigenvalue weighted by Gasteiger charge is -2.11. The van der Waals surface area contributed by atoms with Crippen LogP contribution in [0.4, 0.5) is 5.69 Å². The molecule has 2 N–H and O–H groups in total. The average Bonchev–Trinajstić information content (AvgIpc) is 3.57. The maximum Gasteiger partial charge on any atom is 0.324 e. The van der Waals surface area contributed by atoms with Gasteiger partial charge in [-0.1, -0.05) is 24.4 Å². The number of aromatic nitrogens is 1. The molecule has 1 aromatic carbocycles. The molecule has 11 heteroatoms. The molecular formula is C23H28Cl2N4O4S. The molecule has 34 heavy (non-hydrogen) atoms. The highest BCUT2D eigenvalue weighted by Crippen LogP contribution is 2.29. The number of halogens is 2. The first-order chi connectivity index (χ1) is 16.0. The zero-order chi connectivity index (χ0) is 23.2. The number of ether oxygens (including phenoxy) is 1. The van der Waals surface area contributed by atoms with E-state index in [-0.39, 0.29) is 42.1 Å². The van der Waals surface area contributed by atoms with Gasteiger partial charge in [0.2, 0.25) is 5.91 Å². The smallest absolute Gasteiger partial charge is 0.324 e. The molecule has 2 heterocycles. The predicted octanol–water partition coefficient (Wildman–Crippen LogP) is 4.14. The van der Waals surface area contributed by atoms with E-state index in [9.17, 15) is 14.4 Å². The third-order valence-electron chi connectivity index (χ3n) is 5.99. The van der Waals surface area contributed by atoms with E-state index in [1.165, 1.54) is 30.2 Å². The van der Waals surface area contributed by atoms with Gasteiger partial charge in [-0.2, -0.15) is 4.99 Å². The van der Waals surface area contributed by atoms with E-state index in [0.29, 0.717) is 28.4 Å². The largest absolute Gasteiger partial charge is 0.443 e. The number of anilines is 1. The number of carbonyl (C=O) groups excluding carboxylic acids is 3. The molecular weight excluding hydrogens is 499 g/mol. The molecule has 0 unspecified atom stereocenters. The van der Waals surface area contributed by atoms with Gasteiger partial charge in [0.15, 0.2) is 11.5 Å². The van der Waals surface area contributed by atoms with Gasteiger partial charge < -0.3 is 15.4 Å². The first kappa shape index (κ1) is 26.4. The molecule has 1 aromatic heterocycles. The molecule has 1 saturated heterocycles. The minimum absolute atomic E-state index is 0. The van der Waals surface area contributed by atoms with Gasteiger partial charge in [-0.05, 0) is 56.3 Å². The minimum atomic E-state index is -0.472. The van der Waals surface area contributed by atoms with Gasteiger partial charge in [-0.3, -0.25) is 19.0 Å². The number of hydrogen-bond donors (Lipinski definition) is 2. The van der Waals surface area contributed by atoms with Gasteiger partial charge in [-0.15, -0.1) is 23.7 Å². The van der Waals surface area contributed by atoms with Crippen LogP contribution < -0.4 is 15.4 Å². The number of rotatable bonds is 7. The fraction of sp³-hybridized carbons (Fsp3) is 0.478. The van der Waals surface area contributed by atoms with Gasteiger partial charge >= 0.3 is 5.97 Å². The molecule has 1 aliphatic heterocycles. The summed E-state index contributed by atoms with van der Waals surface area (Å²) in [4.78, 5) is 41.6. The summed E-state index contributed by atoms with van der Waals surface area (Å²) >= 11 is 7.59. The van der Waals surface area contributed by atoms with E-state index in [1.54, 1.807) is 28.3 Å². The van der Waals surface area contributed by atoms with Gasteiger partial charge in [0.25, 0.3) is 5.91 Å². The van der Waals surface area contributed by atoms with Crippen molar-refractivity contribution < 1.29 is 19.1 Å². The molecule has 2 amide bonds. The lowest BCUT2D eigenvalue weighted by molar-refractivity contribution is -0.149. The SMILES string of the molecule is Cl.O=C(CC1CCCC1)Nc1ccc(C(=O)/N=c2\sccn2COC(=O)[C@@H]2CCCN2)cc1Cl. The van der Waals surface area contributed by atoms with E-state index in [0.717, 1.165) is 32.2 Å². The summed E-state index contributed by atoms with van der Waals surface area (Å²) in [6.07, 6.45) is 8.47. The van der Waals surface area contributed by atoms with Crippen molar-refractivity contribution in [3.05, 3.63) is 45.2 Å². The lowest BCUT2D eigenvalue weighted by atomic mass is 10.0. The maximum atomic E-state index is 12.7. The molecule has 1 saturated carbocycles. The van der Waals surface area contributed by atoms with Gasteiger partial charge in [0.05, 0.1) is 10.7 Å². The van der Waals surface area contributed by atoms with Crippen molar-refractivity contribution in [2.24, 2.45) is 10.9 Å². The van der Waals surface area contributed by atoms with Crippen LogP contribution in [0.15, 0.2) is 34.8 Å². The van der Waals surface area contributed by atoms with Crippen molar-refractivity contribution in [2.45, 2.75) is 57.7 Å². The predicted molar refractivity (Wildman–Crippen MR) is 133 cm³/mol. The topological polar surface area (TPSA) is 102 Å². The first-order valence-corrected chi connectivity index (χ1v) is 12.5. The fourth-order valence-corrected chi connectivity index (χ4v) is 5.13. The van der Waals surface area contributed by atoms with Crippen molar-refractivity contribution in [2.75, 3.05) is 11.9 Å². The molecule has 1 aliphatic carbocycles. The number of nitrogens with zero attached hydrogens (tertiary/aromatic N) is 2. The molecule has 0 bridgehead atoms. The summed E-state index contributed by atoms with van der Waals surface area (Å²) in [5.41, 5.74) is 0.788. The van der Waals surface area contributed by atoms with Gasteiger partial charge in [-0.25, -0.2) is 0 Å². The number of hydrogen-bond acceptors (Lipinski definition) is 6. The van der Waals surface area contributed by atoms with Crippen LogP contribution in [-0.2, 0) is 21.1 Å². The second-order valence-corrected chi connectivity index (χ2v) is 9.69. The van der Waals surface area contributed by atoms with Crippen LogP contribution in [0.1, 0.15) is 55.3 Å². The summed E-state index contributed by atoms with van der Waals surface area (Å²) in [6, 6.07) is 4.44. The third-order valence-corrected chi connectivity index (χ3v) is 7.09. The van der Waals surface area contributed by atoms with Crippen molar-refractivity contribution in [3.63, 3.8) is 0 Å². The number of thiazole rings is 1. The standard InChI is InChI=1S/C23H27ClN4O4S.ClH/c24-17-13-16(7-8-18(17)26-20(29)12-15-4-1-2-5-15)21(30)27-23-28(10-11-33-23)14-32-22(31)19-6-3-9-25-19;/h7-8,10-11,13,15,19,25H,1-6,9,12,14H2,(H,26,29);1H/b27-23-;/t19-;/m0./s1. The number of benzene rings is 1. The van der Waals surface area contributed by atoms with Crippen molar-refractivity contribution >= 4 is 58.8 Å². The summed E-state index contributed by atoms with van der Waals surface area (Å²) in [5, 5.41) is 7.99. The molecule has 8 nitrogen and oxygen atoms in total. The highest BCUT2D eigenvalue weighted by molar-refractivity contribution is 7.07. The highest BCUT2D eigenvalue weighted by atomic mass is 35.5. The Morgan fingerprint density at radius 2 is 2.00 bits per heavy atom. The van der Waals surface area contributed by atoms with E-state index in [1.807, 2.05) is 0 Å². The fourth-order valence-electron chi connectivity index (χ4n) is 4.18. The van der Waals surface area contributed by atoms with Gasteiger partial charge in [0.1, 0.15) is 6.04 Å². The van der Waals surface area contributed by atoms with Crippen LogP contribution in [0.2, 0.25) is 5.02 Å². The Morgan fingerprint density at radius 1 is 1.21 bits per heavy atom. The maximum absolute atomic E-state index is 12.7. The Kier molecular flexibility index (Phi) is 9.70. The zero-order valence-corrected chi connectivity index (χ0v) is 21.0. The summed E-state index contributed by atoms with van der Waals surface area (Å²) in [7, 11) is 0. The van der Waals surface area contributed by atoms with Crippen LogP contribution in [0.25, 0.3) is 0 Å². The number of esters is 1. The second-order valence-electron chi connectivity index (χ2n) is 8.41. The minimum Gasteiger partial charge on any atom is -0.443 e. The first-order valence-electron chi connectivity index (χ1n) is 11.2. The third kappa shape index (κ3) is 6.91. The molecule has 184 valence electrons. The van der Waals surface area contributed by atoms with Crippen LogP contribution in [0.5, 0.6) is 0 Å². The van der Waals surface area contributed by atoms with Gasteiger partial charge in [0, 0.05) is 23.6 Å². The molecule has 4 rings (SSSR count). The summed E-state index contributed by atoms with van der Waals surface area (Å²) in [6.45, 7) is 0.797. The van der Waals surface area contributed by atoms with Crippen LogP contribution in [-0.4, -0.2) is 34.9 Å². The molecule has 2 fully saturated rings. The van der Waals surface area contributed by atoms with E-state index in [2.05, 4.69) is 15.6 Å². The molecule has 2 aliphatic rings. The Hall–Kier alpha value is -2.20. The van der Waals surface area contributed by atoms with Crippen LogP contribution in [0.3, 0.4) is 0 Å². The number of carbonyl (C=O) groups is 3. The highest BCUT2D eigenvalue weighted by Gasteiger charge is 2.23. The summed E-state index contributed by atoms with van der Waals surface area (Å²) < 4.78 is 6.96. The number of amides is 2. The quantitative estimate of drug-likeness (QED) is 0.528. The van der Waals surface area contributed by atoms with E-state index >= 15 is 0 Å². The van der Waals surface area contributed by atoms with Crippen molar-refractivity contribution in [3.8, 4) is 0 Å². The van der Waals surface area contributed by atoms with Crippen molar-refractivity contribution in [1.82, 2.24) is 9.88 Å².